The molecule has 72 valence electrons. The van der Waals surface area contributed by atoms with E-state index in [-0.39, 0.29) is 0 Å². The predicted octanol–water partition coefficient (Wildman–Crippen LogP) is 3.28. The van der Waals surface area contributed by atoms with E-state index >= 15 is 0 Å². The van der Waals surface area contributed by atoms with Gasteiger partial charge in [-0.1, -0.05) is 6.42 Å². The smallest absolute Gasteiger partial charge is 0.0701 e. The lowest BCUT2D eigenvalue weighted by Crippen LogP contribution is -2.35. The van der Waals surface area contributed by atoms with Crippen LogP contribution in [0.15, 0.2) is 15.9 Å². The second-order valence-electron chi connectivity index (χ2n) is 3.78. The number of rotatable bonds is 3. The molecule has 0 bridgehead atoms. The highest BCUT2D eigenvalue weighted by molar-refractivity contribution is 9.11. The van der Waals surface area contributed by atoms with Gasteiger partial charge in [0.2, 0.25) is 0 Å². The van der Waals surface area contributed by atoms with Crippen LogP contribution in [0, 0.1) is 0 Å². The van der Waals surface area contributed by atoms with Crippen LogP contribution in [0.3, 0.4) is 0 Å². The van der Waals surface area contributed by atoms with Crippen molar-refractivity contribution in [3.05, 3.63) is 20.8 Å². The van der Waals surface area contributed by atoms with Crippen LogP contribution < -0.4 is 5.73 Å². The van der Waals surface area contributed by atoms with Crippen LogP contribution in [0.4, 0.5) is 0 Å². The fraction of sp³-hybridized carbons (Fsp3) is 0.600. The Balaban J connectivity index is 2.21. The number of nitrogens with two attached hydrogens (primary N) is 1. The average Bonchev–Trinajstić information content (AvgIpc) is 2.44. The van der Waals surface area contributed by atoms with Gasteiger partial charge in [-0.2, -0.15) is 0 Å². The Hall–Kier alpha value is 0.140. The van der Waals surface area contributed by atoms with E-state index < -0.39 is 0 Å². The lowest BCUT2D eigenvalue weighted by molar-refractivity contribution is 0.235. The van der Waals surface area contributed by atoms with Crippen LogP contribution in [0.2, 0.25) is 0 Å². The van der Waals surface area contributed by atoms with Crippen molar-refractivity contribution in [3.8, 4) is 0 Å². The third-order valence-corrected chi connectivity index (χ3v) is 4.90. The zero-order valence-corrected chi connectivity index (χ0v) is 9.96. The van der Waals surface area contributed by atoms with Gasteiger partial charge in [0.25, 0.3) is 0 Å². The molecule has 0 aliphatic heterocycles. The highest BCUT2D eigenvalue weighted by Gasteiger charge is 2.38. The molecular formula is C10H14BrNS. The number of halogens is 1. The second kappa shape index (κ2) is 3.71. The Morgan fingerprint density at radius 1 is 1.46 bits per heavy atom. The minimum absolute atomic E-state index is 0.450. The highest BCUT2D eigenvalue weighted by atomic mass is 79.9. The number of hydrogen-bond donors (Lipinski definition) is 1. The molecule has 0 amide bonds. The molecule has 0 unspecified atom stereocenters. The monoisotopic (exact) mass is 259 g/mol. The first-order chi connectivity index (χ1) is 6.27. The molecule has 3 heteroatoms. The maximum Gasteiger partial charge on any atom is 0.0701 e. The topological polar surface area (TPSA) is 26.0 Å². The van der Waals surface area contributed by atoms with Gasteiger partial charge in [0.05, 0.1) is 3.79 Å². The molecule has 1 nitrogen and oxygen atoms in total. The van der Waals surface area contributed by atoms with E-state index in [2.05, 4.69) is 28.1 Å². The van der Waals surface area contributed by atoms with E-state index in [1.54, 1.807) is 0 Å². The highest BCUT2D eigenvalue weighted by Crippen LogP contribution is 2.49. The second-order valence-corrected chi connectivity index (χ2v) is 6.24. The third kappa shape index (κ3) is 1.69. The molecule has 1 aliphatic rings. The molecule has 0 atom stereocenters. The SMILES string of the molecule is NCCC1(c2ccc(Br)s2)CCC1. The summed E-state index contributed by atoms with van der Waals surface area (Å²) in [5.74, 6) is 0. The molecule has 2 N–H and O–H groups in total. The van der Waals surface area contributed by atoms with Gasteiger partial charge in [-0.15, -0.1) is 11.3 Å². The van der Waals surface area contributed by atoms with Crippen LogP contribution >= 0.6 is 27.3 Å². The van der Waals surface area contributed by atoms with Gasteiger partial charge in [0, 0.05) is 10.3 Å². The van der Waals surface area contributed by atoms with Gasteiger partial charge in [-0.25, -0.2) is 0 Å². The summed E-state index contributed by atoms with van der Waals surface area (Å²) in [5, 5.41) is 0. The summed E-state index contributed by atoms with van der Waals surface area (Å²) in [5.41, 5.74) is 6.11. The van der Waals surface area contributed by atoms with E-state index in [1.165, 1.54) is 27.9 Å². The molecule has 13 heavy (non-hydrogen) atoms. The molecule has 0 aromatic carbocycles. The normalized spacial score (nSPS) is 19.8. The van der Waals surface area contributed by atoms with E-state index in [0.29, 0.717) is 5.41 Å². The summed E-state index contributed by atoms with van der Waals surface area (Å²) >= 11 is 5.39. The van der Waals surface area contributed by atoms with Crippen molar-refractivity contribution in [2.45, 2.75) is 31.1 Å². The van der Waals surface area contributed by atoms with Crippen molar-refractivity contribution in [3.63, 3.8) is 0 Å². The summed E-state index contributed by atoms with van der Waals surface area (Å²) in [6.07, 6.45) is 5.18. The summed E-state index contributed by atoms with van der Waals surface area (Å²) in [7, 11) is 0. The van der Waals surface area contributed by atoms with Gasteiger partial charge in [-0.3, -0.25) is 0 Å². The Bertz CT molecular complexity index is 291. The van der Waals surface area contributed by atoms with Crippen molar-refractivity contribution in [1.29, 1.82) is 0 Å². The van der Waals surface area contributed by atoms with E-state index in [1.807, 2.05) is 11.3 Å². The molecule has 1 aliphatic carbocycles. The Morgan fingerprint density at radius 2 is 2.23 bits per heavy atom. The summed E-state index contributed by atoms with van der Waals surface area (Å²) in [6, 6.07) is 4.40. The van der Waals surface area contributed by atoms with Crippen LogP contribution in [0.1, 0.15) is 30.6 Å². The zero-order chi connectivity index (χ0) is 9.31. The third-order valence-electron chi connectivity index (χ3n) is 3.03. The van der Waals surface area contributed by atoms with Gasteiger partial charge < -0.3 is 5.73 Å². The molecule has 1 aromatic heterocycles. The van der Waals surface area contributed by atoms with Crippen molar-refractivity contribution in [1.82, 2.24) is 0 Å². The molecule has 0 saturated heterocycles. The van der Waals surface area contributed by atoms with Crippen molar-refractivity contribution < 1.29 is 0 Å². The maximum atomic E-state index is 5.66. The first-order valence-electron chi connectivity index (χ1n) is 4.73. The molecule has 1 saturated carbocycles. The van der Waals surface area contributed by atoms with E-state index in [9.17, 15) is 0 Å². The molecule has 1 heterocycles. The molecule has 1 fully saturated rings. The standard InChI is InChI=1S/C10H14BrNS/c11-9-3-2-8(13-9)10(6-7-12)4-1-5-10/h2-3H,1,4-7,12H2. The van der Waals surface area contributed by atoms with Crippen LogP contribution in [0.25, 0.3) is 0 Å². The summed E-state index contributed by atoms with van der Waals surface area (Å²) < 4.78 is 1.24. The Labute approximate surface area is 91.5 Å². The first-order valence-corrected chi connectivity index (χ1v) is 6.34. The lowest BCUT2D eigenvalue weighted by atomic mass is 9.66. The van der Waals surface area contributed by atoms with Gasteiger partial charge in [0.15, 0.2) is 0 Å². The zero-order valence-electron chi connectivity index (χ0n) is 7.55. The number of hydrogen-bond acceptors (Lipinski definition) is 2. The van der Waals surface area contributed by atoms with Gasteiger partial charge in [-0.05, 0) is 53.9 Å². The minimum atomic E-state index is 0.450. The average molecular weight is 260 g/mol. The van der Waals surface area contributed by atoms with Gasteiger partial charge in [0.1, 0.15) is 0 Å². The van der Waals surface area contributed by atoms with Gasteiger partial charge >= 0.3 is 0 Å². The molecular weight excluding hydrogens is 246 g/mol. The Morgan fingerprint density at radius 3 is 2.62 bits per heavy atom. The first kappa shape index (κ1) is 9.69. The molecule has 0 spiro atoms. The predicted molar refractivity (Wildman–Crippen MR) is 61.2 cm³/mol. The summed E-state index contributed by atoms with van der Waals surface area (Å²) in [4.78, 5) is 1.52. The fourth-order valence-electron chi connectivity index (χ4n) is 2.10. The van der Waals surface area contributed by atoms with Crippen molar-refractivity contribution in [2.24, 2.45) is 5.73 Å². The lowest BCUT2D eigenvalue weighted by Gasteiger charge is -2.41. The summed E-state index contributed by atoms with van der Waals surface area (Å²) in [6.45, 7) is 0.815. The van der Waals surface area contributed by atoms with Crippen LogP contribution in [-0.2, 0) is 5.41 Å². The molecule has 1 aromatic rings. The van der Waals surface area contributed by atoms with Crippen molar-refractivity contribution >= 4 is 27.3 Å². The minimum Gasteiger partial charge on any atom is -0.330 e. The fourth-order valence-corrected chi connectivity index (χ4v) is 3.76. The Kier molecular flexibility index (Phi) is 2.77. The van der Waals surface area contributed by atoms with Crippen LogP contribution in [-0.4, -0.2) is 6.54 Å². The van der Waals surface area contributed by atoms with E-state index in [4.69, 9.17) is 5.73 Å². The quantitative estimate of drug-likeness (QED) is 0.886. The van der Waals surface area contributed by atoms with Crippen LogP contribution in [0.5, 0.6) is 0 Å². The van der Waals surface area contributed by atoms with Crippen molar-refractivity contribution in [2.75, 3.05) is 6.54 Å². The molecule has 0 radical (unpaired) electrons. The van der Waals surface area contributed by atoms with E-state index in [0.717, 1.165) is 13.0 Å². The molecule has 2 rings (SSSR count). The maximum absolute atomic E-state index is 5.66. The number of thiophene rings is 1. The largest absolute Gasteiger partial charge is 0.330 e.